The minimum atomic E-state index is -4.44. The number of hydrogen-bond acceptors (Lipinski definition) is 6. The molecule has 0 aliphatic carbocycles. The van der Waals surface area contributed by atoms with E-state index in [-0.39, 0.29) is 19.7 Å². The van der Waals surface area contributed by atoms with E-state index in [2.05, 4.69) is 10.2 Å². The third kappa shape index (κ3) is 6.31. The summed E-state index contributed by atoms with van der Waals surface area (Å²) < 4.78 is 53.0. The molecule has 0 unspecified atom stereocenters. The number of allylic oxidation sites excluding steroid dienone is 1. The average molecular weight is 519 g/mol. The third-order valence-corrected chi connectivity index (χ3v) is 5.57. The molecule has 1 atom stereocenters. The van der Waals surface area contributed by atoms with Gasteiger partial charge in [0.2, 0.25) is 5.71 Å². The van der Waals surface area contributed by atoms with Gasteiger partial charge in [-0.1, -0.05) is 12.1 Å². The van der Waals surface area contributed by atoms with Crippen LogP contribution in [0.2, 0.25) is 0 Å². The van der Waals surface area contributed by atoms with E-state index >= 15 is 0 Å². The van der Waals surface area contributed by atoms with Crippen molar-refractivity contribution in [1.29, 1.82) is 0 Å². The number of benzene rings is 1. The number of amides is 2. The van der Waals surface area contributed by atoms with E-state index in [9.17, 15) is 22.8 Å². The molecular formula is C25H27F3N5O4+. The summed E-state index contributed by atoms with van der Waals surface area (Å²) in [5.74, 6) is -0.420. The monoisotopic (exact) mass is 518 g/mol. The fourth-order valence-corrected chi connectivity index (χ4v) is 3.80. The minimum Gasteiger partial charge on any atom is -0.444 e. The molecule has 1 aromatic carbocycles. The highest BCUT2D eigenvalue weighted by Gasteiger charge is 2.43. The number of alkyl halides is 3. The first-order chi connectivity index (χ1) is 17.3. The molecule has 0 radical (unpaired) electrons. The van der Waals surface area contributed by atoms with Crippen molar-refractivity contribution in [3.63, 3.8) is 0 Å². The average Bonchev–Trinajstić information content (AvgIpc) is 3.43. The molecule has 2 aliphatic heterocycles. The Balaban J connectivity index is 1.62. The molecule has 0 saturated carbocycles. The number of aromatic nitrogens is 2. The van der Waals surface area contributed by atoms with Crippen LogP contribution in [-0.4, -0.2) is 67.6 Å². The number of hydrogen-bond donors (Lipinski definition) is 0. The van der Waals surface area contributed by atoms with Gasteiger partial charge in [-0.3, -0.25) is 9.58 Å². The number of hydrazone groups is 1. The van der Waals surface area contributed by atoms with Gasteiger partial charge in [-0.15, -0.1) is 0 Å². The van der Waals surface area contributed by atoms with Crippen molar-refractivity contribution in [1.82, 2.24) is 14.7 Å². The van der Waals surface area contributed by atoms with Crippen molar-refractivity contribution in [3.8, 4) is 0 Å². The minimum absolute atomic E-state index is 0.0238. The first kappa shape index (κ1) is 26.3. The van der Waals surface area contributed by atoms with Gasteiger partial charge in [0.05, 0.1) is 31.0 Å². The topological polar surface area (TPSA) is 89.0 Å². The SMILES string of the molecule is Cn1cc(C2=N/[N+](=C3/CN(C(=O)OC(C)(C)C)C[C@H]3OCc3ccc(C(F)(F)F)cc3)C(=O)C=C2)cn1. The van der Waals surface area contributed by atoms with E-state index in [1.807, 2.05) is 0 Å². The van der Waals surface area contributed by atoms with E-state index in [1.165, 1.54) is 27.8 Å². The van der Waals surface area contributed by atoms with Crippen LogP contribution in [0, 0.1) is 0 Å². The highest BCUT2D eigenvalue weighted by Crippen LogP contribution is 2.29. The molecule has 2 aliphatic rings. The molecule has 0 spiro atoms. The number of halogens is 3. The number of likely N-dealkylation sites (tertiary alicyclic amines) is 1. The molecule has 3 heterocycles. The third-order valence-electron chi connectivity index (χ3n) is 5.57. The molecule has 196 valence electrons. The zero-order chi connectivity index (χ0) is 27.0. The predicted octanol–water partition coefficient (Wildman–Crippen LogP) is 3.53. The summed E-state index contributed by atoms with van der Waals surface area (Å²) in [6, 6.07) is 4.62. The zero-order valence-electron chi connectivity index (χ0n) is 20.8. The molecule has 9 nitrogen and oxygen atoms in total. The lowest BCUT2D eigenvalue weighted by atomic mass is 10.1. The van der Waals surface area contributed by atoms with Crippen LogP contribution in [0.5, 0.6) is 0 Å². The molecular weight excluding hydrogens is 491 g/mol. The Morgan fingerprint density at radius 2 is 1.86 bits per heavy atom. The molecule has 2 amide bonds. The normalized spacial score (nSPS) is 20.4. The Morgan fingerprint density at radius 1 is 1.16 bits per heavy atom. The van der Waals surface area contributed by atoms with Crippen molar-refractivity contribution in [2.24, 2.45) is 12.1 Å². The quantitative estimate of drug-likeness (QED) is 0.578. The number of rotatable bonds is 4. The number of carbonyl (C=O) groups excluding carboxylic acids is 2. The summed E-state index contributed by atoms with van der Waals surface area (Å²) in [6.07, 6.45) is 0.544. The Morgan fingerprint density at radius 3 is 2.46 bits per heavy atom. The fraction of sp³-hybridized carbons (Fsp3) is 0.400. The first-order valence-electron chi connectivity index (χ1n) is 11.5. The number of ether oxygens (including phenoxy) is 2. The maximum Gasteiger partial charge on any atom is 0.442 e. The van der Waals surface area contributed by atoms with Crippen LogP contribution < -0.4 is 0 Å². The molecule has 37 heavy (non-hydrogen) atoms. The van der Waals surface area contributed by atoms with Crippen LogP contribution in [0.3, 0.4) is 0 Å². The Labute approximate surface area is 211 Å². The smallest absolute Gasteiger partial charge is 0.442 e. The van der Waals surface area contributed by atoms with E-state index in [4.69, 9.17) is 9.47 Å². The lowest BCUT2D eigenvalue weighted by Gasteiger charge is -2.23. The molecule has 1 aromatic heterocycles. The van der Waals surface area contributed by atoms with Crippen molar-refractivity contribution >= 4 is 23.4 Å². The summed E-state index contributed by atoms with van der Waals surface area (Å²) in [5.41, 5.74) is 0.619. The molecule has 2 aromatic rings. The summed E-state index contributed by atoms with van der Waals surface area (Å²) in [4.78, 5) is 27.0. The van der Waals surface area contributed by atoms with Gasteiger partial charge in [-0.25, -0.2) is 9.59 Å². The van der Waals surface area contributed by atoms with Crippen molar-refractivity contribution in [2.75, 3.05) is 13.1 Å². The highest BCUT2D eigenvalue weighted by atomic mass is 19.4. The summed E-state index contributed by atoms with van der Waals surface area (Å²) in [5, 5.41) is 8.61. The van der Waals surface area contributed by atoms with Crippen LogP contribution in [0.25, 0.3) is 0 Å². The largest absolute Gasteiger partial charge is 0.444 e. The predicted molar refractivity (Wildman–Crippen MR) is 127 cm³/mol. The van der Waals surface area contributed by atoms with Crippen molar-refractivity contribution < 1.29 is 36.9 Å². The maximum absolute atomic E-state index is 12.9. The standard InChI is InChI=1S/C25H27F3N5O4/c1-24(2,3)37-23(35)32-13-20(33-22(34)10-9-19(30-33)17-11-29-31(4)12-17)21(14-32)36-15-16-5-7-18(8-6-16)25(26,27)28/h5-12,21H,13-15H2,1-4H3/q+1/b33-20-/t21-/m1/s1. The van der Waals surface area contributed by atoms with Gasteiger partial charge in [-0.05, 0) is 49.2 Å². The fourth-order valence-electron chi connectivity index (χ4n) is 3.80. The molecule has 1 saturated heterocycles. The van der Waals surface area contributed by atoms with Crippen molar-refractivity contribution in [2.45, 2.75) is 45.3 Å². The highest BCUT2D eigenvalue weighted by molar-refractivity contribution is 6.12. The van der Waals surface area contributed by atoms with Crippen LogP contribution in [0.4, 0.5) is 18.0 Å². The summed E-state index contributed by atoms with van der Waals surface area (Å²) >= 11 is 0. The van der Waals surface area contributed by atoms with Gasteiger partial charge >= 0.3 is 18.2 Å². The van der Waals surface area contributed by atoms with E-state index in [0.717, 1.165) is 12.1 Å². The number of aryl methyl sites for hydroxylation is 1. The summed E-state index contributed by atoms with van der Waals surface area (Å²) in [6.45, 7) is 5.30. The molecule has 12 heteroatoms. The van der Waals surface area contributed by atoms with Gasteiger partial charge < -0.3 is 9.47 Å². The van der Waals surface area contributed by atoms with Gasteiger partial charge in [-0.2, -0.15) is 18.3 Å². The number of nitrogens with zero attached hydrogens (tertiary/aromatic N) is 5. The van der Waals surface area contributed by atoms with Gasteiger partial charge in [0.15, 0.2) is 6.10 Å². The van der Waals surface area contributed by atoms with Gasteiger partial charge in [0.1, 0.15) is 17.9 Å². The second-order valence-corrected chi connectivity index (χ2v) is 9.72. The van der Waals surface area contributed by atoms with Gasteiger partial charge in [0.25, 0.3) is 0 Å². The van der Waals surface area contributed by atoms with Crippen LogP contribution in [0.15, 0.2) is 53.9 Å². The molecule has 4 rings (SSSR count). The van der Waals surface area contributed by atoms with Gasteiger partial charge in [0, 0.05) is 23.9 Å². The lowest BCUT2D eigenvalue weighted by molar-refractivity contribution is -0.452. The van der Waals surface area contributed by atoms with E-state index in [0.29, 0.717) is 22.6 Å². The Bertz CT molecular complexity index is 1290. The van der Waals surface area contributed by atoms with Crippen LogP contribution >= 0.6 is 0 Å². The summed E-state index contributed by atoms with van der Waals surface area (Å²) in [7, 11) is 1.76. The zero-order valence-corrected chi connectivity index (χ0v) is 20.8. The Hall–Kier alpha value is -3.80. The van der Waals surface area contributed by atoms with E-state index in [1.54, 1.807) is 51.0 Å². The first-order valence-corrected chi connectivity index (χ1v) is 11.5. The second-order valence-electron chi connectivity index (χ2n) is 9.72. The molecule has 0 bridgehead atoms. The van der Waals surface area contributed by atoms with Crippen LogP contribution in [0.1, 0.15) is 37.5 Å². The Kier molecular flexibility index (Phi) is 7.05. The number of carbonyl (C=O) groups is 2. The lowest BCUT2D eigenvalue weighted by Crippen LogP contribution is -2.36. The van der Waals surface area contributed by atoms with Crippen LogP contribution in [-0.2, 0) is 34.1 Å². The molecule has 0 N–H and O–H groups in total. The van der Waals surface area contributed by atoms with E-state index < -0.39 is 35.4 Å². The van der Waals surface area contributed by atoms with Crippen molar-refractivity contribution in [3.05, 3.63) is 65.5 Å². The molecule has 1 fully saturated rings. The maximum atomic E-state index is 12.9. The second kappa shape index (κ2) is 9.92.